The van der Waals surface area contributed by atoms with Gasteiger partial charge in [0.2, 0.25) is 5.96 Å². The number of nitrogens with one attached hydrogen (secondary N) is 3. The number of hydrazine groups is 1. The van der Waals surface area contributed by atoms with Crippen molar-refractivity contribution in [2.24, 2.45) is 10.9 Å². The summed E-state index contributed by atoms with van der Waals surface area (Å²) in [5.74, 6) is 0.617. The van der Waals surface area contributed by atoms with Gasteiger partial charge in [-0.05, 0) is 43.7 Å². The van der Waals surface area contributed by atoms with Gasteiger partial charge < -0.3 is 5.32 Å². The fourth-order valence-electron chi connectivity index (χ4n) is 3.61. The Bertz CT molecular complexity index is 834. The lowest BCUT2D eigenvalue weighted by molar-refractivity contribution is -0.125. The predicted molar refractivity (Wildman–Crippen MR) is 125 cm³/mol. The molecule has 0 radical (unpaired) electrons. The van der Waals surface area contributed by atoms with E-state index in [1.165, 1.54) is 0 Å². The molecule has 3 N–H and O–H groups in total. The molecule has 0 saturated heterocycles. The van der Waals surface area contributed by atoms with Gasteiger partial charge in [-0.1, -0.05) is 36.6 Å². The molecule has 0 aromatic carbocycles. The van der Waals surface area contributed by atoms with Crippen LogP contribution in [0, 0.1) is 5.92 Å². The van der Waals surface area contributed by atoms with Crippen molar-refractivity contribution in [2.75, 3.05) is 32.1 Å². The molecule has 1 aliphatic carbocycles. The third-order valence-electron chi connectivity index (χ3n) is 5.44. The van der Waals surface area contributed by atoms with Crippen LogP contribution in [0.4, 0.5) is 18.9 Å². The topological polar surface area (TPSA) is 108 Å². The lowest BCUT2D eigenvalue weighted by atomic mass is 9.90. The Morgan fingerprint density at radius 1 is 1.15 bits per heavy atom. The van der Waals surface area contributed by atoms with E-state index in [4.69, 9.17) is 4.84 Å². The maximum Gasteiger partial charge on any atom is 0.513 e. The Morgan fingerprint density at radius 3 is 2.47 bits per heavy atom. The van der Waals surface area contributed by atoms with Crippen molar-refractivity contribution < 1.29 is 26.4 Å². The molecule has 1 fully saturated rings. The second-order valence-corrected chi connectivity index (χ2v) is 9.98. The van der Waals surface area contributed by atoms with Crippen LogP contribution in [0.15, 0.2) is 29.5 Å². The zero-order valence-electron chi connectivity index (χ0n) is 19.5. The third-order valence-corrected chi connectivity index (χ3v) is 6.85. The SMILES string of the molecule is CNNC(=NCCCCCCN(OCC1CCCCC1)S(=O)(=O)C(F)(F)F)Nc1ccncc1. The lowest BCUT2D eigenvalue weighted by Crippen LogP contribution is -2.42. The molecule has 194 valence electrons. The summed E-state index contributed by atoms with van der Waals surface area (Å²) >= 11 is 0. The highest BCUT2D eigenvalue weighted by Gasteiger charge is 2.50. The molecule has 0 amide bonds. The van der Waals surface area contributed by atoms with Crippen molar-refractivity contribution in [1.29, 1.82) is 0 Å². The second-order valence-electron chi connectivity index (χ2n) is 8.16. The predicted octanol–water partition coefficient (Wildman–Crippen LogP) is 3.80. The molecule has 1 saturated carbocycles. The first-order valence-electron chi connectivity index (χ1n) is 11.6. The number of alkyl halides is 3. The monoisotopic (exact) mass is 508 g/mol. The van der Waals surface area contributed by atoms with Crippen molar-refractivity contribution in [2.45, 2.75) is 63.3 Å². The van der Waals surface area contributed by atoms with Crippen LogP contribution in [0.25, 0.3) is 0 Å². The third kappa shape index (κ3) is 9.72. The number of nitrogens with zero attached hydrogens (tertiary/aromatic N) is 3. The van der Waals surface area contributed by atoms with Crippen molar-refractivity contribution >= 4 is 21.7 Å². The van der Waals surface area contributed by atoms with Gasteiger partial charge in [0.25, 0.3) is 0 Å². The minimum Gasteiger partial charge on any atom is -0.325 e. The van der Waals surface area contributed by atoms with Crippen molar-refractivity contribution in [3.63, 3.8) is 0 Å². The Balaban J connectivity index is 1.77. The van der Waals surface area contributed by atoms with Crippen LogP contribution in [0.2, 0.25) is 0 Å². The van der Waals surface area contributed by atoms with Gasteiger partial charge in [0.05, 0.1) is 6.61 Å². The van der Waals surface area contributed by atoms with E-state index in [9.17, 15) is 21.6 Å². The van der Waals surface area contributed by atoms with Crippen molar-refractivity contribution in [3.05, 3.63) is 24.5 Å². The summed E-state index contributed by atoms with van der Waals surface area (Å²) in [7, 11) is -3.81. The molecule has 0 spiro atoms. The van der Waals surface area contributed by atoms with Gasteiger partial charge in [-0.25, -0.2) is 13.8 Å². The first-order chi connectivity index (χ1) is 16.2. The second kappa shape index (κ2) is 14.4. The maximum absolute atomic E-state index is 13.1. The summed E-state index contributed by atoms with van der Waals surface area (Å²) in [6.45, 7) is 0.161. The van der Waals surface area contributed by atoms with E-state index >= 15 is 0 Å². The Hall–Kier alpha value is -1.96. The van der Waals surface area contributed by atoms with Gasteiger partial charge >= 0.3 is 15.5 Å². The van der Waals surface area contributed by atoms with E-state index in [0.29, 0.717) is 31.8 Å². The highest BCUT2D eigenvalue weighted by Crippen LogP contribution is 2.29. The number of halogens is 3. The van der Waals surface area contributed by atoms with E-state index in [1.807, 2.05) is 0 Å². The normalized spacial score (nSPS) is 16.1. The maximum atomic E-state index is 13.1. The fraction of sp³-hybridized carbons (Fsp3) is 0.714. The van der Waals surface area contributed by atoms with Crippen LogP contribution < -0.4 is 16.2 Å². The van der Waals surface area contributed by atoms with Gasteiger partial charge in [0, 0.05) is 38.2 Å². The van der Waals surface area contributed by atoms with Crippen molar-refractivity contribution in [1.82, 2.24) is 20.3 Å². The molecular formula is C21H35F3N6O3S. The van der Waals surface area contributed by atoms with Gasteiger partial charge in [-0.3, -0.25) is 20.2 Å². The summed E-state index contributed by atoms with van der Waals surface area (Å²) in [6.07, 6.45) is 10.3. The summed E-state index contributed by atoms with van der Waals surface area (Å²) in [5, 5.41) is 3.11. The minimum absolute atomic E-state index is 0.00422. The number of aliphatic imine (C=N–C) groups is 1. The number of hydroxylamine groups is 1. The van der Waals surface area contributed by atoms with Crippen LogP contribution in [0.1, 0.15) is 57.8 Å². The standard InChI is InChI=1S/C21H35F3N6O3S/c1-25-29-20(28-19-11-14-26-15-12-19)27-13-7-2-3-8-16-30(34(31,32)21(22,23)24)33-17-18-9-5-4-6-10-18/h11-12,14-15,18,25H,2-10,13,16-17H2,1H3,(H2,26,27,28,29). The van der Waals surface area contributed by atoms with Gasteiger partial charge in [-0.2, -0.15) is 13.2 Å². The molecule has 2 rings (SSSR count). The van der Waals surface area contributed by atoms with E-state index in [2.05, 4.69) is 26.1 Å². The molecule has 1 aromatic heterocycles. The molecule has 0 aliphatic heterocycles. The van der Waals surface area contributed by atoms with Gasteiger partial charge in [0.15, 0.2) is 0 Å². The molecule has 9 nitrogen and oxygen atoms in total. The van der Waals surface area contributed by atoms with E-state index in [1.54, 1.807) is 31.6 Å². The largest absolute Gasteiger partial charge is 0.513 e. The molecule has 0 atom stereocenters. The first kappa shape index (κ1) is 28.3. The number of unbranched alkanes of at least 4 members (excludes halogenated alkanes) is 3. The highest BCUT2D eigenvalue weighted by molar-refractivity contribution is 7.89. The molecular weight excluding hydrogens is 473 g/mol. The zero-order chi connectivity index (χ0) is 24.9. The average molecular weight is 509 g/mol. The first-order valence-corrected chi connectivity index (χ1v) is 13.0. The molecule has 0 bridgehead atoms. The van der Waals surface area contributed by atoms with Crippen LogP contribution in [-0.4, -0.2) is 56.1 Å². The zero-order valence-corrected chi connectivity index (χ0v) is 20.3. The van der Waals surface area contributed by atoms with Crippen LogP contribution in [0.3, 0.4) is 0 Å². The number of hydrogen-bond donors (Lipinski definition) is 3. The molecule has 34 heavy (non-hydrogen) atoms. The number of anilines is 1. The number of pyridine rings is 1. The summed E-state index contributed by atoms with van der Waals surface area (Å²) in [4.78, 5) is 13.6. The van der Waals surface area contributed by atoms with Crippen LogP contribution in [-0.2, 0) is 14.9 Å². The molecule has 1 heterocycles. The summed E-state index contributed by atoms with van der Waals surface area (Å²) in [5.41, 5.74) is 1.12. The molecule has 13 heteroatoms. The minimum atomic E-state index is -5.52. The number of aromatic nitrogens is 1. The number of guanidine groups is 1. The number of rotatable bonds is 13. The molecule has 1 aromatic rings. The van der Waals surface area contributed by atoms with Crippen molar-refractivity contribution in [3.8, 4) is 0 Å². The number of sulfonamides is 1. The highest BCUT2D eigenvalue weighted by atomic mass is 32.2. The van der Waals surface area contributed by atoms with Gasteiger partial charge in [-0.15, -0.1) is 0 Å². The number of hydrogen-bond acceptors (Lipinski definition) is 6. The quantitative estimate of drug-likeness (QED) is 0.161. The Kier molecular flexibility index (Phi) is 12.0. The lowest BCUT2D eigenvalue weighted by Gasteiger charge is -2.26. The summed E-state index contributed by atoms with van der Waals surface area (Å²) < 4.78 is 63.2. The fourth-order valence-corrected chi connectivity index (χ4v) is 4.41. The Labute approximate surface area is 199 Å². The van der Waals surface area contributed by atoms with E-state index in [0.717, 1.165) is 37.8 Å². The van der Waals surface area contributed by atoms with Gasteiger partial charge in [0.1, 0.15) is 0 Å². The average Bonchev–Trinajstić information content (AvgIpc) is 2.81. The molecule has 0 unspecified atom stereocenters. The smallest absolute Gasteiger partial charge is 0.325 e. The van der Waals surface area contributed by atoms with E-state index in [-0.39, 0.29) is 30.0 Å². The Morgan fingerprint density at radius 2 is 1.82 bits per heavy atom. The summed E-state index contributed by atoms with van der Waals surface area (Å²) in [6, 6.07) is 3.59. The molecule has 1 aliphatic rings. The van der Waals surface area contributed by atoms with Crippen LogP contribution in [0.5, 0.6) is 0 Å². The van der Waals surface area contributed by atoms with E-state index < -0.39 is 15.5 Å². The van der Waals surface area contributed by atoms with Crippen LogP contribution >= 0.6 is 0 Å².